The normalized spacial score (nSPS) is 16.2. The van der Waals surface area contributed by atoms with Gasteiger partial charge < -0.3 is 4.74 Å². The summed E-state index contributed by atoms with van der Waals surface area (Å²) in [7, 11) is 0. The molecule has 1 aromatic heterocycles. The molecule has 32 heavy (non-hydrogen) atoms. The predicted molar refractivity (Wildman–Crippen MR) is 128 cm³/mol. The zero-order valence-electron chi connectivity index (χ0n) is 18.2. The summed E-state index contributed by atoms with van der Waals surface area (Å²) in [5, 5.41) is 0. The third-order valence-electron chi connectivity index (χ3n) is 5.25. The number of esters is 1. The molecule has 0 fully saturated rings. The summed E-state index contributed by atoms with van der Waals surface area (Å²) in [6, 6.07) is 17.2. The van der Waals surface area contributed by atoms with Gasteiger partial charge in [0.15, 0.2) is 4.80 Å². The summed E-state index contributed by atoms with van der Waals surface area (Å²) in [6.45, 7) is 5.81. The van der Waals surface area contributed by atoms with Crippen molar-refractivity contribution in [3.05, 3.63) is 108 Å². The van der Waals surface area contributed by atoms with Gasteiger partial charge in [-0.15, -0.1) is 0 Å². The van der Waals surface area contributed by atoms with Gasteiger partial charge in [-0.05, 0) is 38.0 Å². The highest BCUT2D eigenvalue weighted by molar-refractivity contribution is 7.07. The highest BCUT2D eigenvalue weighted by atomic mass is 32.1. The van der Waals surface area contributed by atoms with Crippen molar-refractivity contribution in [2.75, 3.05) is 6.61 Å². The number of ether oxygens (including phenoxy) is 1. The number of fused-ring (bicyclic) bond motifs is 1. The van der Waals surface area contributed by atoms with Crippen LogP contribution in [0.4, 0.5) is 0 Å². The molecule has 0 bridgehead atoms. The molecule has 0 saturated heterocycles. The van der Waals surface area contributed by atoms with Crippen molar-refractivity contribution in [2.24, 2.45) is 4.99 Å². The Balaban J connectivity index is 1.86. The van der Waals surface area contributed by atoms with E-state index in [1.807, 2.05) is 73.7 Å². The van der Waals surface area contributed by atoms with Crippen LogP contribution in [-0.2, 0) is 9.53 Å². The van der Waals surface area contributed by atoms with Gasteiger partial charge in [-0.1, -0.05) is 83.6 Å². The second-order valence-corrected chi connectivity index (χ2v) is 8.51. The molecule has 2 heterocycles. The van der Waals surface area contributed by atoms with Crippen LogP contribution in [0, 0.1) is 6.92 Å². The molecule has 0 aliphatic carbocycles. The van der Waals surface area contributed by atoms with Crippen LogP contribution in [-0.4, -0.2) is 17.1 Å². The van der Waals surface area contributed by atoms with Crippen molar-refractivity contribution in [1.29, 1.82) is 0 Å². The summed E-state index contributed by atoms with van der Waals surface area (Å²) in [6.07, 6.45) is 5.61. The third-order valence-corrected chi connectivity index (χ3v) is 6.25. The van der Waals surface area contributed by atoms with E-state index in [0.717, 1.165) is 16.7 Å². The van der Waals surface area contributed by atoms with Crippen LogP contribution in [0.2, 0.25) is 0 Å². The Hall–Kier alpha value is -3.51. The number of aryl methyl sites for hydroxylation is 1. The van der Waals surface area contributed by atoms with E-state index in [9.17, 15) is 9.59 Å². The van der Waals surface area contributed by atoms with E-state index in [1.54, 1.807) is 24.5 Å². The Morgan fingerprint density at radius 2 is 1.84 bits per heavy atom. The summed E-state index contributed by atoms with van der Waals surface area (Å²) in [5.74, 6) is -0.447. The standard InChI is InChI=1S/C26H24N2O3S/c1-4-31-25(30)22-18(3)27-26-28(23(22)20-15-13-17(2)14-16-20)24(29)21(32-26)12-8-11-19-9-6-5-7-10-19/h5-16,23H,4H2,1-3H3/b11-8+,21-12-/t23-/m1/s1. The van der Waals surface area contributed by atoms with Gasteiger partial charge in [-0.2, -0.15) is 0 Å². The molecule has 162 valence electrons. The molecule has 0 amide bonds. The lowest BCUT2D eigenvalue weighted by molar-refractivity contribution is -0.139. The molecule has 1 aliphatic rings. The second kappa shape index (κ2) is 9.32. The highest BCUT2D eigenvalue weighted by Gasteiger charge is 2.33. The SMILES string of the molecule is CCOC(=O)C1=C(C)N=c2s/c(=C\C=C\c3ccccc3)c(=O)n2[C@@H]1c1ccc(C)cc1. The van der Waals surface area contributed by atoms with Crippen molar-refractivity contribution in [2.45, 2.75) is 26.8 Å². The number of nitrogens with zero attached hydrogens (tertiary/aromatic N) is 2. The number of hydrogen-bond acceptors (Lipinski definition) is 5. The van der Waals surface area contributed by atoms with Crippen LogP contribution in [0.5, 0.6) is 0 Å². The van der Waals surface area contributed by atoms with Crippen molar-refractivity contribution in [3.8, 4) is 0 Å². The summed E-state index contributed by atoms with van der Waals surface area (Å²) in [5.41, 5.74) is 3.79. The van der Waals surface area contributed by atoms with E-state index in [4.69, 9.17) is 4.74 Å². The van der Waals surface area contributed by atoms with Crippen LogP contribution in [0.25, 0.3) is 12.2 Å². The average Bonchev–Trinajstić information content (AvgIpc) is 3.09. The van der Waals surface area contributed by atoms with E-state index in [0.29, 0.717) is 20.6 Å². The molecule has 1 atom stereocenters. The monoisotopic (exact) mass is 444 g/mol. The van der Waals surface area contributed by atoms with Gasteiger partial charge in [0.05, 0.1) is 28.5 Å². The van der Waals surface area contributed by atoms with Crippen LogP contribution >= 0.6 is 11.3 Å². The largest absolute Gasteiger partial charge is 0.463 e. The Morgan fingerprint density at radius 3 is 2.53 bits per heavy atom. The Labute approximate surface area is 190 Å². The zero-order valence-corrected chi connectivity index (χ0v) is 19.1. The molecule has 5 nitrogen and oxygen atoms in total. The molecule has 1 aliphatic heterocycles. The first-order chi connectivity index (χ1) is 15.5. The Morgan fingerprint density at radius 1 is 1.12 bits per heavy atom. The lowest BCUT2D eigenvalue weighted by atomic mass is 9.95. The fourth-order valence-electron chi connectivity index (χ4n) is 3.68. The Bertz CT molecular complexity index is 1380. The van der Waals surface area contributed by atoms with Crippen molar-refractivity contribution >= 4 is 29.5 Å². The molecule has 0 spiro atoms. The summed E-state index contributed by atoms with van der Waals surface area (Å²) < 4.78 is 7.48. The first-order valence-corrected chi connectivity index (χ1v) is 11.3. The molecular weight excluding hydrogens is 420 g/mol. The highest BCUT2D eigenvalue weighted by Crippen LogP contribution is 2.30. The topological polar surface area (TPSA) is 60.7 Å². The number of aromatic nitrogens is 1. The first kappa shape index (κ1) is 21.7. The lowest BCUT2D eigenvalue weighted by Crippen LogP contribution is -2.39. The van der Waals surface area contributed by atoms with Gasteiger partial charge in [-0.3, -0.25) is 9.36 Å². The minimum Gasteiger partial charge on any atom is -0.463 e. The Kier molecular flexibility index (Phi) is 6.32. The van der Waals surface area contributed by atoms with Gasteiger partial charge in [0.25, 0.3) is 5.56 Å². The smallest absolute Gasteiger partial charge is 0.338 e. The zero-order chi connectivity index (χ0) is 22.7. The molecule has 6 heteroatoms. The fraction of sp³-hybridized carbons (Fsp3) is 0.192. The van der Waals surface area contributed by atoms with Crippen molar-refractivity contribution in [1.82, 2.24) is 4.57 Å². The quantitative estimate of drug-likeness (QED) is 0.563. The van der Waals surface area contributed by atoms with Gasteiger partial charge >= 0.3 is 5.97 Å². The van der Waals surface area contributed by atoms with Gasteiger partial charge in [0.2, 0.25) is 0 Å². The summed E-state index contributed by atoms with van der Waals surface area (Å²) in [4.78, 5) is 31.4. The molecular formula is C26H24N2O3S. The van der Waals surface area contributed by atoms with Gasteiger partial charge in [-0.25, -0.2) is 9.79 Å². The maximum absolute atomic E-state index is 13.4. The van der Waals surface area contributed by atoms with E-state index < -0.39 is 12.0 Å². The number of carbonyl (C=O) groups is 1. The van der Waals surface area contributed by atoms with Gasteiger partial charge in [0.1, 0.15) is 0 Å². The van der Waals surface area contributed by atoms with Crippen LogP contribution in [0.1, 0.15) is 36.6 Å². The van der Waals surface area contributed by atoms with Gasteiger partial charge in [0, 0.05) is 0 Å². The molecule has 0 radical (unpaired) electrons. The maximum Gasteiger partial charge on any atom is 0.338 e. The van der Waals surface area contributed by atoms with E-state index in [2.05, 4.69) is 4.99 Å². The summed E-state index contributed by atoms with van der Waals surface area (Å²) >= 11 is 1.32. The first-order valence-electron chi connectivity index (χ1n) is 10.5. The predicted octanol–water partition coefficient (Wildman–Crippen LogP) is 3.77. The van der Waals surface area contributed by atoms with Crippen LogP contribution in [0.15, 0.2) is 81.7 Å². The van der Waals surface area contributed by atoms with Crippen LogP contribution < -0.4 is 14.9 Å². The van der Waals surface area contributed by atoms with Crippen molar-refractivity contribution in [3.63, 3.8) is 0 Å². The van der Waals surface area contributed by atoms with E-state index in [-0.39, 0.29) is 12.2 Å². The lowest BCUT2D eigenvalue weighted by Gasteiger charge is -2.24. The molecule has 3 aromatic rings. The van der Waals surface area contributed by atoms with E-state index in [1.165, 1.54) is 11.3 Å². The number of benzene rings is 2. The molecule has 0 N–H and O–H groups in total. The number of carbonyl (C=O) groups excluding carboxylic acids is 1. The van der Waals surface area contributed by atoms with E-state index >= 15 is 0 Å². The number of thiazole rings is 1. The van der Waals surface area contributed by atoms with Crippen LogP contribution in [0.3, 0.4) is 0 Å². The third kappa shape index (κ3) is 4.27. The molecule has 2 aromatic carbocycles. The number of allylic oxidation sites excluding steroid dienone is 2. The number of hydrogen-bond donors (Lipinski definition) is 0. The minimum absolute atomic E-state index is 0.175. The van der Waals surface area contributed by atoms with Crippen molar-refractivity contribution < 1.29 is 9.53 Å². The maximum atomic E-state index is 13.4. The minimum atomic E-state index is -0.578. The molecule has 0 unspecified atom stereocenters. The molecule has 0 saturated carbocycles. The molecule has 4 rings (SSSR count). The fourth-order valence-corrected chi connectivity index (χ4v) is 4.68. The second-order valence-electron chi connectivity index (χ2n) is 7.51. The average molecular weight is 445 g/mol. The number of rotatable bonds is 5.